The van der Waals surface area contributed by atoms with Crippen molar-refractivity contribution in [3.63, 3.8) is 0 Å². The van der Waals surface area contributed by atoms with Gasteiger partial charge in [-0.25, -0.2) is 0 Å². The number of carbonyl (C=O) groups is 1. The van der Waals surface area contributed by atoms with Crippen LogP contribution in [-0.4, -0.2) is 44.5 Å². The minimum absolute atomic E-state index is 0.0809. The second-order valence-corrected chi connectivity index (χ2v) is 6.97. The molecule has 1 aromatic rings. The van der Waals surface area contributed by atoms with Gasteiger partial charge in [-0.05, 0) is 37.1 Å². The molecular weight excluding hydrogens is 286 g/mol. The van der Waals surface area contributed by atoms with Gasteiger partial charge in [-0.2, -0.15) is 0 Å². The van der Waals surface area contributed by atoms with E-state index in [1.807, 2.05) is 14.1 Å². The summed E-state index contributed by atoms with van der Waals surface area (Å²) in [7, 11) is 4.09. The maximum Gasteiger partial charge on any atom is 0.225 e. The van der Waals surface area contributed by atoms with Crippen molar-refractivity contribution in [1.29, 1.82) is 0 Å². The molecule has 0 aromatic heterocycles. The standard InChI is InChI=1S/C19H33N3O/c1-14(2)16-8-7-9-17(15(3)4)19(16)21-18(23)10-11-20-12-13-22(5)6/h7-9,14-15,20H,10-13H2,1-6H3,(H,21,23). The maximum atomic E-state index is 12.3. The van der Waals surface area contributed by atoms with Crippen LogP contribution in [0.5, 0.6) is 0 Å². The molecule has 23 heavy (non-hydrogen) atoms. The molecule has 0 spiro atoms. The normalized spacial score (nSPS) is 11.5. The molecule has 0 aliphatic rings. The summed E-state index contributed by atoms with van der Waals surface area (Å²) in [6.07, 6.45) is 0.497. The third-order valence-corrected chi connectivity index (χ3v) is 3.90. The molecule has 0 saturated carbocycles. The number of para-hydroxylation sites is 1. The summed E-state index contributed by atoms with van der Waals surface area (Å²) < 4.78 is 0. The van der Waals surface area contributed by atoms with Gasteiger partial charge in [0.25, 0.3) is 0 Å². The lowest BCUT2D eigenvalue weighted by Crippen LogP contribution is -2.29. The highest BCUT2D eigenvalue weighted by molar-refractivity contribution is 5.92. The van der Waals surface area contributed by atoms with Gasteiger partial charge in [0.1, 0.15) is 0 Å². The molecule has 4 heteroatoms. The average molecular weight is 319 g/mol. The average Bonchev–Trinajstić information content (AvgIpc) is 2.46. The first-order chi connectivity index (χ1) is 10.8. The Kier molecular flexibility index (Phi) is 8.28. The Morgan fingerprint density at radius 3 is 2.09 bits per heavy atom. The summed E-state index contributed by atoms with van der Waals surface area (Å²) in [5.74, 6) is 0.863. The molecule has 0 atom stereocenters. The summed E-state index contributed by atoms with van der Waals surface area (Å²) in [5.41, 5.74) is 3.44. The summed E-state index contributed by atoms with van der Waals surface area (Å²) >= 11 is 0. The number of likely N-dealkylation sites (N-methyl/N-ethyl adjacent to an activating group) is 1. The fraction of sp³-hybridized carbons (Fsp3) is 0.632. The number of nitrogens with one attached hydrogen (secondary N) is 2. The predicted molar refractivity (Wildman–Crippen MR) is 99.3 cm³/mol. The highest BCUT2D eigenvalue weighted by atomic mass is 16.1. The number of hydrogen-bond acceptors (Lipinski definition) is 3. The molecule has 0 saturated heterocycles. The summed E-state index contributed by atoms with van der Waals surface area (Å²) in [4.78, 5) is 14.4. The molecule has 0 aliphatic carbocycles. The number of amides is 1. The molecule has 0 heterocycles. The van der Waals surface area contributed by atoms with Crippen LogP contribution in [0.3, 0.4) is 0 Å². The van der Waals surface area contributed by atoms with Crippen LogP contribution >= 0.6 is 0 Å². The lowest BCUT2D eigenvalue weighted by Gasteiger charge is -2.20. The number of benzene rings is 1. The van der Waals surface area contributed by atoms with Gasteiger partial charge in [0.15, 0.2) is 0 Å². The molecule has 0 radical (unpaired) electrons. The first-order valence-corrected chi connectivity index (χ1v) is 8.61. The van der Waals surface area contributed by atoms with Gasteiger partial charge in [-0.15, -0.1) is 0 Å². The maximum absolute atomic E-state index is 12.3. The Labute approximate surface area is 141 Å². The van der Waals surface area contributed by atoms with E-state index in [1.165, 1.54) is 11.1 Å². The number of anilines is 1. The van der Waals surface area contributed by atoms with Crippen molar-refractivity contribution in [2.24, 2.45) is 0 Å². The van der Waals surface area contributed by atoms with Crippen molar-refractivity contribution >= 4 is 11.6 Å². The lowest BCUT2D eigenvalue weighted by molar-refractivity contribution is -0.116. The number of nitrogens with zero attached hydrogens (tertiary/aromatic N) is 1. The minimum Gasteiger partial charge on any atom is -0.326 e. The number of hydrogen-bond donors (Lipinski definition) is 2. The summed E-state index contributed by atoms with van der Waals surface area (Å²) in [6.45, 7) is 11.3. The smallest absolute Gasteiger partial charge is 0.225 e. The lowest BCUT2D eigenvalue weighted by atomic mass is 9.92. The zero-order valence-corrected chi connectivity index (χ0v) is 15.6. The van der Waals surface area contributed by atoms with E-state index in [0.29, 0.717) is 24.8 Å². The quantitative estimate of drug-likeness (QED) is 0.686. The van der Waals surface area contributed by atoms with E-state index in [2.05, 4.69) is 61.4 Å². The Bertz CT molecular complexity index is 469. The van der Waals surface area contributed by atoms with Gasteiger partial charge in [-0.1, -0.05) is 45.9 Å². The molecule has 0 bridgehead atoms. The topological polar surface area (TPSA) is 44.4 Å². The number of rotatable bonds is 9. The fourth-order valence-electron chi connectivity index (χ4n) is 2.53. The number of carbonyl (C=O) groups excluding carboxylic acids is 1. The monoisotopic (exact) mass is 319 g/mol. The van der Waals surface area contributed by atoms with E-state index in [1.54, 1.807) is 0 Å². The predicted octanol–water partition coefficient (Wildman–Crippen LogP) is 3.41. The molecule has 2 N–H and O–H groups in total. The molecule has 1 aromatic carbocycles. The zero-order chi connectivity index (χ0) is 17.4. The molecule has 1 amide bonds. The Hall–Kier alpha value is -1.39. The SMILES string of the molecule is CC(C)c1cccc(C(C)C)c1NC(=O)CCNCCN(C)C. The third-order valence-electron chi connectivity index (χ3n) is 3.90. The van der Waals surface area contributed by atoms with Gasteiger partial charge in [0, 0.05) is 31.7 Å². The van der Waals surface area contributed by atoms with Gasteiger partial charge in [-0.3, -0.25) is 4.79 Å². The molecule has 0 fully saturated rings. The molecule has 1 rings (SSSR count). The van der Waals surface area contributed by atoms with Crippen LogP contribution in [0.15, 0.2) is 18.2 Å². The van der Waals surface area contributed by atoms with Gasteiger partial charge in [0.2, 0.25) is 5.91 Å². The van der Waals surface area contributed by atoms with Crippen LogP contribution in [0.2, 0.25) is 0 Å². The van der Waals surface area contributed by atoms with Crippen LogP contribution in [0.4, 0.5) is 5.69 Å². The first kappa shape index (κ1) is 19.7. The van der Waals surface area contributed by atoms with Crippen molar-refractivity contribution in [1.82, 2.24) is 10.2 Å². The highest BCUT2D eigenvalue weighted by Gasteiger charge is 2.15. The van der Waals surface area contributed by atoms with Crippen LogP contribution < -0.4 is 10.6 Å². The zero-order valence-electron chi connectivity index (χ0n) is 15.6. The molecule has 130 valence electrons. The third kappa shape index (κ3) is 6.71. The van der Waals surface area contributed by atoms with E-state index in [4.69, 9.17) is 0 Å². The van der Waals surface area contributed by atoms with Gasteiger partial charge >= 0.3 is 0 Å². The van der Waals surface area contributed by atoms with Gasteiger partial charge in [0.05, 0.1) is 0 Å². The fourth-order valence-corrected chi connectivity index (χ4v) is 2.53. The van der Waals surface area contributed by atoms with E-state index < -0.39 is 0 Å². The summed E-state index contributed by atoms with van der Waals surface area (Å²) in [5, 5.41) is 6.46. The molecule has 0 aliphatic heterocycles. The Morgan fingerprint density at radius 1 is 1.04 bits per heavy atom. The minimum atomic E-state index is 0.0809. The van der Waals surface area contributed by atoms with E-state index in [0.717, 1.165) is 18.8 Å². The van der Waals surface area contributed by atoms with Crippen LogP contribution in [0.1, 0.15) is 57.1 Å². The van der Waals surface area contributed by atoms with E-state index in [9.17, 15) is 4.79 Å². The molecular formula is C19H33N3O. The molecule has 0 unspecified atom stereocenters. The van der Waals surface area contributed by atoms with E-state index >= 15 is 0 Å². The van der Waals surface area contributed by atoms with Crippen LogP contribution in [-0.2, 0) is 4.79 Å². The van der Waals surface area contributed by atoms with Crippen LogP contribution in [0.25, 0.3) is 0 Å². The van der Waals surface area contributed by atoms with Crippen molar-refractivity contribution < 1.29 is 4.79 Å². The largest absolute Gasteiger partial charge is 0.326 e. The van der Waals surface area contributed by atoms with Crippen LogP contribution in [0, 0.1) is 0 Å². The van der Waals surface area contributed by atoms with Crippen molar-refractivity contribution in [3.8, 4) is 0 Å². The Balaban J connectivity index is 2.66. The highest BCUT2D eigenvalue weighted by Crippen LogP contribution is 2.32. The first-order valence-electron chi connectivity index (χ1n) is 8.61. The second-order valence-electron chi connectivity index (χ2n) is 6.97. The van der Waals surface area contributed by atoms with Gasteiger partial charge < -0.3 is 15.5 Å². The van der Waals surface area contributed by atoms with Crippen molar-refractivity contribution in [3.05, 3.63) is 29.3 Å². The molecule has 4 nitrogen and oxygen atoms in total. The summed E-state index contributed by atoms with van der Waals surface area (Å²) in [6, 6.07) is 6.31. The second kappa shape index (κ2) is 9.68. The Morgan fingerprint density at radius 2 is 1.61 bits per heavy atom. The van der Waals surface area contributed by atoms with E-state index in [-0.39, 0.29) is 5.91 Å². The van der Waals surface area contributed by atoms with Crippen molar-refractivity contribution in [2.75, 3.05) is 39.0 Å². The van der Waals surface area contributed by atoms with Crippen molar-refractivity contribution in [2.45, 2.75) is 46.0 Å².